The quantitative estimate of drug-likeness (QED) is 0.276. The lowest BCUT2D eigenvalue weighted by Crippen LogP contribution is -2.43. The maximum Gasteiger partial charge on any atom is 0.348 e. The van der Waals surface area contributed by atoms with E-state index in [9.17, 15) is 9.59 Å². The Kier molecular flexibility index (Phi) is 4.47. The average molecular weight is 372 g/mol. The Morgan fingerprint density at radius 2 is 1.43 bits per heavy atom. The zero-order chi connectivity index (χ0) is 19.7. The van der Waals surface area contributed by atoms with Gasteiger partial charge in [-0.05, 0) is 39.3 Å². The molecule has 0 N–H and O–H groups in total. The lowest BCUT2D eigenvalue weighted by atomic mass is 9.96. The van der Waals surface area contributed by atoms with Crippen LogP contribution in [-0.4, -0.2) is 17.7 Å². The van der Waals surface area contributed by atoms with Crippen LogP contribution in [0.5, 0.6) is 0 Å². The van der Waals surface area contributed by atoms with Gasteiger partial charge in [-0.15, -0.1) is 0 Å². The molecule has 3 aromatic carbocycles. The molecule has 1 saturated heterocycles. The van der Waals surface area contributed by atoms with E-state index >= 15 is 0 Å². The molecular formula is C24H20O4. The molecule has 1 aliphatic heterocycles. The topological polar surface area (TPSA) is 52.6 Å². The second kappa shape index (κ2) is 6.97. The molecule has 0 aromatic heterocycles. The number of carbonyl (C=O) groups is 2. The SMILES string of the molecule is CCC1(C)OC(=O)C(=C/C=C/c2c3ccccc3cc3ccccc23)C(=O)O1. The van der Waals surface area contributed by atoms with Gasteiger partial charge in [-0.3, -0.25) is 0 Å². The van der Waals surface area contributed by atoms with Crippen molar-refractivity contribution in [2.24, 2.45) is 0 Å². The lowest BCUT2D eigenvalue weighted by molar-refractivity contribution is -0.229. The van der Waals surface area contributed by atoms with Gasteiger partial charge in [0.05, 0.1) is 0 Å². The molecule has 1 fully saturated rings. The summed E-state index contributed by atoms with van der Waals surface area (Å²) in [5, 5.41) is 4.46. The molecule has 4 heteroatoms. The largest absolute Gasteiger partial charge is 0.419 e. The molecule has 0 radical (unpaired) electrons. The molecular weight excluding hydrogens is 352 g/mol. The van der Waals surface area contributed by atoms with Gasteiger partial charge in [-0.1, -0.05) is 67.6 Å². The molecule has 4 rings (SSSR count). The van der Waals surface area contributed by atoms with Crippen LogP contribution in [-0.2, 0) is 19.1 Å². The number of hydrogen-bond donors (Lipinski definition) is 0. The Balaban J connectivity index is 1.76. The van der Waals surface area contributed by atoms with Crippen LogP contribution in [0.25, 0.3) is 27.6 Å². The van der Waals surface area contributed by atoms with Crippen molar-refractivity contribution in [3.8, 4) is 0 Å². The van der Waals surface area contributed by atoms with Crippen LogP contribution in [0.15, 0.2) is 72.3 Å². The van der Waals surface area contributed by atoms with Crippen molar-refractivity contribution in [2.75, 3.05) is 0 Å². The maximum atomic E-state index is 12.2. The first-order valence-corrected chi connectivity index (χ1v) is 9.26. The summed E-state index contributed by atoms with van der Waals surface area (Å²) >= 11 is 0. The van der Waals surface area contributed by atoms with Crippen LogP contribution in [0.3, 0.4) is 0 Å². The summed E-state index contributed by atoms with van der Waals surface area (Å²) in [6.45, 7) is 3.37. The van der Waals surface area contributed by atoms with Gasteiger partial charge in [0.15, 0.2) is 0 Å². The second-order valence-electron chi connectivity index (χ2n) is 6.94. The van der Waals surface area contributed by atoms with E-state index in [0.717, 1.165) is 27.1 Å². The number of cyclic esters (lactones) is 2. The molecule has 0 amide bonds. The minimum Gasteiger partial charge on any atom is -0.419 e. The van der Waals surface area contributed by atoms with Crippen LogP contribution >= 0.6 is 0 Å². The van der Waals surface area contributed by atoms with Gasteiger partial charge < -0.3 is 9.47 Å². The summed E-state index contributed by atoms with van der Waals surface area (Å²) in [6.07, 6.45) is 5.46. The molecule has 0 atom stereocenters. The fraction of sp³-hybridized carbons (Fsp3) is 0.167. The number of fused-ring (bicyclic) bond motifs is 2. The molecule has 1 aliphatic rings. The van der Waals surface area contributed by atoms with Gasteiger partial charge in [0.25, 0.3) is 5.79 Å². The predicted molar refractivity (Wildman–Crippen MR) is 109 cm³/mol. The number of hydrogen-bond acceptors (Lipinski definition) is 4. The van der Waals surface area contributed by atoms with Crippen LogP contribution in [0.4, 0.5) is 0 Å². The zero-order valence-electron chi connectivity index (χ0n) is 15.8. The zero-order valence-corrected chi connectivity index (χ0v) is 15.8. The van der Waals surface area contributed by atoms with Crippen molar-refractivity contribution in [3.05, 3.63) is 77.9 Å². The van der Waals surface area contributed by atoms with E-state index < -0.39 is 17.7 Å². The Labute approximate surface area is 163 Å². The Bertz CT molecular complexity index is 1080. The number of esters is 2. The normalized spacial score (nSPS) is 19.9. The van der Waals surface area contributed by atoms with E-state index in [1.807, 2.05) is 30.3 Å². The fourth-order valence-electron chi connectivity index (χ4n) is 3.36. The highest BCUT2D eigenvalue weighted by Crippen LogP contribution is 2.30. The molecule has 0 bridgehead atoms. The number of benzene rings is 3. The fourth-order valence-corrected chi connectivity index (χ4v) is 3.36. The number of ether oxygens (including phenoxy) is 2. The molecule has 28 heavy (non-hydrogen) atoms. The van der Waals surface area contributed by atoms with E-state index in [1.54, 1.807) is 19.9 Å². The van der Waals surface area contributed by atoms with E-state index in [2.05, 4.69) is 30.3 Å². The monoisotopic (exact) mass is 372 g/mol. The molecule has 140 valence electrons. The second-order valence-corrected chi connectivity index (χ2v) is 6.94. The molecule has 0 saturated carbocycles. The first-order chi connectivity index (χ1) is 13.5. The summed E-state index contributed by atoms with van der Waals surface area (Å²) in [5.74, 6) is -2.51. The summed E-state index contributed by atoms with van der Waals surface area (Å²) in [6, 6.07) is 18.4. The van der Waals surface area contributed by atoms with Gasteiger partial charge in [-0.2, -0.15) is 0 Å². The van der Waals surface area contributed by atoms with Crippen LogP contribution in [0, 0.1) is 0 Å². The van der Waals surface area contributed by atoms with Crippen LogP contribution < -0.4 is 0 Å². The maximum absolute atomic E-state index is 12.2. The minimum atomic E-state index is -1.19. The third kappa shape index (κ3) is 3.18. The number of carbonyl (C=O) groups excluding carboxylic acids is 2. The summed E-state index contributed by atoms with van der Waals surface area (Å²) in [4.78, 5) is 24.4. The number of rotatable bonds is 3. The third-order valence-electron chi connectivity index (χ3n) is 5.04. The van der Waals surface area contributed by atoms with Crippen molar-refractivity contribution >= 4 is 39.6 Å². The molecule has 4 nitrogen and oxygen atoms in total. The van der Waals surface area contributed by atoms with Gasteiger partial charge >= 0.3 is 11.9 Å². The first kappa shape index (κ1) is 18.0. The summed E-state index contributed by atoms with van der Waals surface area (Å²) in [7, 11) is 0. The average Bonchev–Trinajstić information content (AvgIpc) is 2.69. The van der Waals surface area contributed by atoms with E-state index in [-0.39, 0.29) is 5.57 Å². The van der Waals surface area contributed by atoms with E-state index in [1.165, 1.54) is 6.08 Å². The van der Waals surface area contributed by atoms with E-state index in [4.69, 9.17) is 9.47 Å². The van der Waals surface area contributed by atoms with Crippen LogP contribution in [0.1, 0.15) is 25.8 Å². The van der Waals surface area contributed by atoms with Gasteiger partial charge in [0.1, 0.15) is 5.57 Å². The van der Waals surface area contributed by atoms with E-state index in [0.29, 0.717) is 6.42 Å². The minimum absolute atomic E-state index is 0.105. The first-order valence-electron chi connectivity index (χ1n) is 9.26. The lowest BCUT2D eigenvalue weighted by Gasteiger charge is -2.32. The highest BCUT2D eigenvalue weighted by molar-refractivity contribution is 6.15. The third-order valence-corrected chi connectivity index (χ3v) is 5.04. The summed E-state index contributed by atoms with van der Waals surface area (Å²) in [5.41, 5.74) is 0.924. The molecule has 0 unspecified atom stereocenters. The van der Waals surface area contributed by atoms with Gasteiger partial charge in [0, 0.05) is 13.3 Å². The van der Waals surface area contributed by atoms with Crippen molar-refractivity contribution in [1.29, 1.82) is 0 Å². The standard InChI is InChI=1S/C24H20O4/c1-3-24(2)27-22(25)21(23(26)28-24)14-8-13-20-18-11-6-4-9-16(18)15-17-10-5-7-12-19(17)20/h4-15H,3H2,1-2H3/b13-8+,21-14?. The van der Waals surface area contributed by atoms with Crippen molar-refractivity contribution in [1.82, 2.24) is 0 Å². The van der Waals surface area contributed by atoms with Crippen molar-refractivity contribution in [3.63, 3.8) is 0 Å². The predicted octanol–water partition coefficient (Wildman–Crippen LogP) is 5.16. The van der Waals surface area contributed by atoms with Gasteiger partial charge in [-0.25, -0.2) is 9.59 Å². The number of allylic oxidation sites excluding steroid dienone is 2. The highest BCUT2D eigenvalue weighted by atomic mass is 16.7. The van der Waals surface area contributed by atoms with Crippen molar-refractivity contribution < 1.29 is 19.1 Å². The van der Waals surface area contributed by atoms with Crippen LogP contribution in [0.2, 0.25) is 0 Å². The summed E-state index contributed by atoms with van der Waals surface area (Å²) < 4.78 is 10.5. The Hall–Kier alpha value is -3.40. The van der Waals surface area contributed by atoms with Crippen molar-refractivity contribution in [2.45, 2.75) is 26.1 Å². The Morgan fingerprint density at radius 3 is 1.96 bits per heavy atom. The Morgan fingerprint density at radius 1 is 0.893 bits per heavy atom. The molecule has 0 aliphatic carbocycles. The molecule has 0 spiro atoms. The molecule has 3 aromatic rings. The smallest absolute Gasteiger partial charge is 0.348 e. The highest BCUT2D eigenvalue weighted by Gasteiger charge is 2.40. The molecule has 1 heterocycles. The van der Waals surface area contributed by atoms with Gasteiger partial charge in [0.2, 0.25) is 0 Å².